The molecule has 2 N–H and O–H groups in total. The first-order chi connectivity index (χ1) is 13.0. The predicted molar refractivity (Wildman–Crippen MR) is 103 cm³/mol. The minimum atomic E-state index is -0.846. The third-order valence-corrected chi connectivity index (χ3v) is 5.02. The molecular formula is C21H21N5O. The fraction of sp³-hybridized carbons (Fsp3) is 0.286. The molecule has 6 heteroatoms. The first-order valence-electron chi connectivity index (χ1n) is 8.94. The number of hydrogen-bond acceptors (Lipinski definition) is 5. The van der Waals surface area contributed by atoms with Crippen LogP contribution in [0.1, 0.15) is 25.1 Å². The molecule has 27 heavy (non-hydrogen) atoms. The lowest BCUT2D eigenvalue weighted by atomic mass is 9.95. The maximum absolute atomic E-state index is 10.4. The second-order valence-corrected chi connectivity index (χ2v) is 7.37. The van der Waals surface area contributed by atoms with E-state index in [1.54, 1.807) is 32.3 Å². The lowest BCUT2D eigenvalue weighted by Gasteiger charge is -2.34. The molecule has 0 bridgehead atoms. The summed E-state index contributed by atoms with van der Waals surface area (Å²) in [7, 11) is 0. The van der Waals surface area contributed by atoms with Gasteiger partial charge in [0.25, 0.3) is 0 Å². The molecule has 4 rings (SSSR count). The summed E-state index contributed by atoms with van der Waals surface area (Å²) in [5, 5.41) is 28.0. The van der Waals surface area contributed by atoms with Gasteiger partial charge in [0.1, 0.15) is 5.69 Å². The van der Waals surface area contributed by atoms with Gasteiger partial charge in [0.15, 0.2) is 0 Å². The van der Waals surface area contributed by atoms with Gasteiger partial charge in [-0.1, -0.05) is 12.1 Å². The largest absolute Gasteiger partial charge is 0.389 e. The van der Waals surface area contributed by atoms with Gasteiger partial charge in [0.2, 0.25) is 0 Å². The van der Waals surface area contributed by atoms with Crippen molar-refractivity contribution < 1.29 is 5.11 Å². The molecule has 0 radical (unpaired) electrons. The van der Waals surface area contributed by atoms with Gasteiger partial charge < -0.3 is 10.4 Å². The van der Waals surface area contributed by atoms with Gasteiger partial charge in [0, 0.05) is 30.1 Å². The van der Waals surface area contributed by atoms with Crippen LogP contribution in [0.5, 0.6) is 0 Å². The van der Waals surface area contributed by atoms with Crippen LogP contribution in [0.25, 0.3) is 22.4 Å². The average Bonchev–Trinajstić information content (AvgIpc) is 3.07. The Morgan fingerprint density at radius 2 is 2.00 bits per heavy atom. The lowest BCUT2D eigenvalue weighted by molar-refractivity contribution is 0.0235. The van der Waals surface area contributed by atoms with Crippen LogP contribution in [0.15, 0.2) is 48.8 Å². The first-order valence-corrected chi connectivity index (χ1v) is 8.94. The fourth-order valence-electron chi connectivity index (χ4n) is 3.52. The van der Waals surface area contributed by atoms with Crippen molar-refractivity contribution in [3.63, 3.8) is 0 Å². The number of pyridine rings is 1. The number of fused-ring (bicyclic) bond motifs is 1. The van der Waals surface area contributed by atoms with E-state index in [0.29, 0.717) is 18.7 Å². The number of benzene rings is 1. The van der Waals surface area contributed by atoms with E-state index in [9.17, 15) is 10.4 Å². The predicted octanol–water partition coefficient (Wildman–Crippen LogP) is 2.73. The third-order valence-electron chi connectivity index (χ3n) is 5.02. The molecular weight excluding hydrogens is 338 g/mol. The molecule has 1 aliphatic heterocycles. The van der Waals surface area contributed by atoms with E-state index >= 15 is 0 Å². The smallest absolute Gasteiger partial charge is 0.101 e. The standard InChI is InChI=1S/C21H21N5O/c1-21(2,27)18-13-26-17(12-24-18)19(15-6-8-23-9-7-15)20(25-26)16-5-3-4-14(10-16)11-22/h3-10,18,24,27H,12-13H2,1-2H3. The Balaban J connectivity index is 1.89. The van der Waals surface area contributed by atoms with E-state index in [0.717, 1.165) is 28.1 Å². The highest BCUT2D eigenvalue weighted by Crippen LogP contribution is 2.36. The molecule has 0 spiro atoms. The van der Waals surface area contributed by atoms with E-state index in [1.807, 2.05) is 35.0 Å². The number of aliphatic hydroxyl groups is 1. The van der Waals surface area contributed by atoms with Crippen molar-refractivity contribution >= 4 is 0 Å². The fourth-order valence-corrected chi connectivity index (χ4v) is 3.52. The molecule has 136 valence electrons. The lowest BCUT2D eigenvalue weighted by Crippen LogP contribution is -2.52. The SMILES string of the molecule is CC(C)(O)C1Cn2nc(-c3cccc(C#N)c3)c(-c3ccncc3)c2CN1. The molecule has 3 heterocycles. The van der Waals surface area contributed by atoms with Crippen molar-refractivity contribution in [1.29, 1.82) is 5.26 Å². The number of aromatic nitrogens is 3. The van der Waals surface area contributed by atoms with Crippen LogP contribution in [0, 0.1) is 11.3 Å². The zero-order valence-electron chi connectivity index (χ0n) is 15.3. The van der Waals surface area contributed by atoms with Crippen molar-refractivity contribution in [3.05, 3.63) is 60.0 Å². The maximum atomic E-state index is 10.4. The highest BCUT2D eigenvalue weighted by molar-refractivity contribution is 5.83. The Kier molecular flexibility index (Phi) is 4.27. The number of nitrogens with zero attached hydrogens (tertiary/aromatic N) is 4. The minimum absolute atomic E-state index is 0.0894. The molecule has 6 nitrogen and oxygen atoms in total. The summed E-state index contributed by atoms with van der Waals surface area (Å²) in [6.07, 6.45) is 3.54. The average molecular weight is 359 g/mol. The minimum Gasteiger partial charge on any atom is -0.389 e. The second-order valence-electron chi connectivity index (χ2n) is 7.37. The third kappa shape index (κ3) is 3.23. The van der Waals surface area contributed by atoms with Crippen LogP contribution in [0.3, 0.4) is 0 Å². The van der Waals surface area contributed by atoms with Crippen molar-refractivity contribution in [2.75, 3.05) is 0 Å². The molecule has 1 aliphatic rings. The second kappa shape index (κ2) is 6.62. The molecule has 0 amide bonds. The van der Waals surface area contributed by atoms with Gasteiger partial charge in [-0.3, -0.25) is 9.67 Å². The molecule has 0 saturated heterocycles. The van der Waals surface area contributed by atoms with Gasteiger partial charge in [-0.15, -0.1) is 0 Å². The molecule has 3 aromatic rings. The van der Waals surface area contributed by atoms with Crippen molar-refractivity contribution in [2.45, 2.75) is 38.6 Å². The summed E-state index contributed by atoms with van der Waals surface area (Å²) in [4.78, 5) is 4.12. The van der Waals surface area contributed by atoms with E-state index in [1.165, 1.54) is 0 Å². The van der Waals surface area contributed by atoms with Crippen LogP contribution >= 0.6 is 0 Å². The Hall–Kier alpha value is -3.01. The molecule has 2 aromatic heterocycles. The summed E-state index contributed by atoms with van der Waals surface area (Å²) < 4.78 is 1.98. The molecule has 1 unspecified atom stereocenters. The van der Waals surface area contributed by atoms with Gasteiger partial charge in [0.05, 0.1) is 35.5 Å². The summed E-state index contributed by atoms with van der Waals surface area (Å²) in [5.41, 5.74) is 4.64. The summed E-state index contributed by atoms with van der Waals surface area (Å²) in [6.45, 7) is 4.80. The zero-order valence-corrected chi connectivity index (χ0v) is 15.3. The summed E-state index contributed by atoms with van der Waals surface area (Å²) in [6, 6.07) is 13.5. The Bertz CT molecular complexity index is 1010. The van der Waals surface area contributed by atoms with Crippen molar-refractivity contribution in [3.8, 4) is 28.5 Å². The molecule has 0 fully saturated rings. The van der Waals surface area contributed by atoms with E-state index in [4.69, 9.17) is 5.10 Å². The zero-order chi connectivity index (χ0) is 19.0. The number of rotatable bonds is 3. The van der Waals surface area contributed by atoms with E-state index in [2.05, 4.69) is 16.4 Å². The van der Waals surface area contributed by atoms with E-state index < -0.39 is 5.60 Å². The van der Waals surface area contributed by atoms with Crippen LogP contribution in [-0.2, 0) is 13.1 Å². The topological polar surface area (TPSA) is 86.8 Å². The highest BCUT2D eigenvalue weighted by atomic mass is 16.3. The van der Waals surface area contributed by atoms with Crippen LogP contribution < -0.4 is 5.32 Å². The Labute approximate surface area is 158 Å². The molecule has 1 atom stereocenters. The van der Waals surface area contributed by atoms with Gasteiger partial charge >= 0.3 is 0 Å². The Morgan fingerprint density at radius 1 is 1.22 bits per heavy atom. The Morgan fingerprint density at radius 3 is 2.70 bits per heavy atom. The molecule has 0 saturated carbocycles. The van der Waals surface area contributed by atoms with E-state index in [-0.39, 0.29) is 6.04 Å². The van der Waals surface area contributed by atoms with Crippen molar-refractivity contribution in [1.82, 2.24) is 20.1 Å². The van der Waals surface area contributed by atoms with Crippen molar-refractivity contribution in [2.24, 2.45) is 0 Å². The maximum Gasteiger partial charge on any atom is 0.101 e. The highest BCUT2D eigenvalue weighted by Gasteiger charge is 2.33. The monoisotopic (exact) mass is 359 g/mol. The quantitative estimate of drug-likeness (QED) is 0.751. The van der Waals surface area contributed by atoms with Gasteiger partial charge in [-0.05, 0) is 43.7 Å². The molecule has 1 aromatic carbocycles. The normalized spacial score (nSPS) is 16.6. The first kappa shape index (κ1) is 17.4. The summed E-state index contributed by atoms with van der Waals surface area (Å²) in [5.74, 6) is 0. The number of hydrogen-bond donors (Lipinski definition) is 2. The summed E-state index contributed by atoms with van der Waals surface area (Å²) >= 11 is 0. The van der Waals surface area contributed by atoms with Crippen LogP contribution in [-0.4, -0.2) is 31.5 Å². The number of nitriles is 1. The van der Waals surface area contributed by atoms with Crippen LogP contribution in [0.2, 0.25) is 0 Å². The molecule has 0 aliphatic carbocycles. The van der Waals surface area contributed by atoms with Crippen LogP contribution in [0.4, 0.5) is 0 Å². The van der Waals surface area contributed by atoms with Gasteiger partial charge in [-0.25, -0.2) is 0 Å². The van der Waals surface area contributed by atoms with Gasteiger partial charge in [-0.2, -0.15) is 10.4 Å². The number of nitrogens with one attached hydrogen (secondary N) is 1.